The molecular formula is C19H22N4. The van der Waals surface area contributed by atoms with Crippen LogP contribution < -0.4 is 10.6 Å². The zero-order chi connectivity index (χ0) is 16.2. The number of nitrogens with two attached hydrogens (primary N) is 1. The Balaban J connectivity index is 1.74. The molecule has 4 nitrogen and oxygen atoms in total. The number of anilines is 2. The first-order chi connectivity index (χ1) is 11.1. The van der Waals surface area contributed by atoms with E-state index in [4.69, 9.17) is 5.73 Å². The standard InChI is InChI=1S/C19H22N4/c1-22(2)18-9-5-15(6-10-18)13-19-21-11-12-23(19)14-16-3-7-17(20)8-4-16/h3-12H,13-14,20H2,1-2H3. The van der Waals surface area contributed by atoms with E-state index in [1.165, 1.54) is 16.8 Å². The van der Waals surface area contributed by atoms with Gasteiger partial charge >= 0.3 is 0 Å². The van der Waals surface area contributed by atoms with Gasteiger partial charge in [0.2, 0.25) is 0 Å². The molecule has 0 radical (unpaired) electrons. The second-order valence-electron chi connectivity index (χ2n) is 5.95. The van der Waals surface area contributed by atoms with Gasteiger partial charge < -0.3 is 15.2 Å². The molecule has 3 rings (SSSR count). The van der Waals surface area contributed by atoms with Crippen LogP contribution in [0.1, 0.15) is 17.0 Å². The van der Waals surface area contributed by atoms with Gasteiger partial charge in [0, 0.05) is 50.8 Å². The van der Waals surface area contributed by atoms with E-state index in [1.807, 2.05) is 38.6 Å². The van der Waals surface area contributed by atoms with E-state index in [0.717, 1.165) is 24.5 Å². The fraction of sp³-hybridized carbons (Fsp3) is 0.211. The van der Waals surface area contributed by atoms with E-state index in [9.17, 15) is 0 Å². The Morgan fingerprint density at radius 3 is 2.26 bits per heavy atom. The van der Waals surface area contributed by atoms with Crippen LogP contribution >= 0.6 is 0 Å². The second-order valence-corrected chi connectivity index (χ2v) is 5.95. The molecule has 0 aliphatic rings. The molecule has 1 heterocycles. The average molecular weight is 306 g/mol. The van der Waals surface area contributed by atoms with Crippen LogP contribution in [0, 0.1) is 0 Å². The number of nitrogen functional groups attached to an aromatic ring is 1. The second kappa shape index (κ2) is 6.57. The summed E-state index contributed by atoms with van der Waals surface area (Å²) in [5, 5.41) is 0. The summed E-state index contributed by atoms with van der Waals surface area (Å²) in [5.74, 6) is 1.07. The van der Waals surface area contributed by atoms with Gasteiger partial charge in [0.25, 0.3) is 0 Å². The molecule has 0 amide bonds. The first-order valence-corrected chi connectivity index (χ1v) is 7.72. The van der Waals surface area contributed by atoms with E-state index >= 15 is 0 Å². The molecule has 0 atom stereocenters. The minimum Gasteiger partial charge on any atom is -0.399 e. The summed E-state index contributed by atoms with van der Waals surface area (Å²) in [4.78, 5) is 6.61. The van der Waals surface area contributed by atoms with Crippen LogP contribution in [0.2, 0.25) is 0 Å². The number of benzene rings is 2. The Labute approximate surface area is 137 Å². The zero-order valence-corrected chi connectivity index (χ0v) is 13.6. The van der Waals surface area contributed by atoms with Gasteiger partial charge in [0.05, 0.1) is 0 Å². The van der Waals surface area contributed by atoms with E-state index in [1.54, 1.807) is 0 Å². The fourth-order valence-corrected chi connectivity index (χ4v) is 2.57. The van der Waals surface area contributed by atoms with Gasteiger partial charge in [-0.2, -0.15) is 0 Å². The molecule has 2 N–H and O–H groups in total. The lowest BCUT2D eigenvalue weighted by atomic mass is 10.1. The largest absolute Gasteiger partial charge is 0.399 e. The molecule has 0 spiro atoms. The maximum atomic E-state index is 5.74. The summed E-state index contributed by atoms with van der Waals surface area (Å²) < 4.78 is 2.19. The van der Waals surface area contributed by atoms with Crippen molar-refractivity contribution in [1.82, 2.24) is 9.55 Å². The summed E-state index contributed by atoms with van der Waals surface area (Å²) in [6.45, 7) is 0.811. The predicted octanol–water partition coefficient (Wildman–Crippen LogP) is 3.17. The Morgan fingerprint density at radius 1 is 0.957 bits per heavy atom. The van der Waals surface area contributed by atoms with Gasteiger partial charge in [-0.05, 0) is 35.4 Å². The fourth-order valence-electron chi connectivity index (χ4n) is 2.57. The Bertz CT molecular complexity index is 755. The summed E-state index contributed by atoms with van der Waals surface area (Å²) >= 11 is 0. The van der Waals surface area contributed by atoms with Crippen molar-refractivity contribution < 1.29 is 0 Å². The number of hydrogen-bond donors (Lipinski definition) is 1. The molecule has 1 aromatic heterocycles. The highest BCUT2D eigenvalue weighted by Crippen LogP contribution is 2.16. The molecule has 3 aromatic rings. The molecule has 2 aromatic carbocycles. The quantitative estimate of drug-likeness (QED) is 0.737. The third-order valence-electron chi connectivity index (χ3n) is 3.95. The first-order valence-electron chi connectivity index (χ1n) is 7.72. The highest BCUT2D eigenvalue weighted by molar-refractivity contribution is 5.46. The van der Waals surface area contributed by atoms with Gasteiger partial charge in [-0.25, -0.2) is 4.98 Å². The van der Waals surface area contributed by atoms with Crippen molar-refractivity contribution >= 4 is 11.4 Å². The van der Waals surface area contributed by atoms with Crippen LogP contribution in [0.5, 0.6) is 0 Å². The van der Waals surface area contributed by atoms with Crippen molar-refractivity contribution in [3.05, 3.63) is 77.9 Å². The summed E-state index contributed by atoms with van der Waals surface area (Å²) in [6, 6.07) is 16.6. The van der Waals surface area contributed by atoms with Crippen LogP contribution in [0.4, 0.5) is 11.4 Å². The molecule has 4 heteroatoms. The highest BCUT2D eigenvalue weighted by Gasteiger charge is 2.06. The average Bonchev–Trinajstić information content (AvgIpc) is 2.97. The predicted molar refractivity (Wildman–Crippen MR) is 95.8 cm³/mol. The van der Waals surface area contributed by atoms with Crippen molar-refractivity contribution in [3.8, 4) is 0 Å². The number of nitrogens with zero attached hydrogens (tertiary/aromatic N) is 3. The number of hydrogen-bond acceptors (Lipinski definition) is 3. The van der Waals surface area contributed by atoms with Crippen molar-refractivity contribution in [2.75, 3.05) is 24.7 Å². The molecule has 0 aliphatic heterocycles. The maximum Gasteiger partial charge on any atom is 0.113 e. The van der Waals surface area contributed by atoms with Gasteiger partial charge in [-0.1, -0.05) is 24.3 Å². The molecule has 23 heavy (non-hydrogen) atoms. The molecule has 0 bridgehead atoms. The summed E-state index contributed by atoms with van der Waals surface area (Å²) in [7, 11) is 4.10. The van der Waals surface area contributed by atoms with Crippen molar-refractivity contribution in [3.63, 3.8) is 0 Å². The van der Waals surface area contributed by atoms with Crippen LogP contribution in [-0.2, 0) is 13.0 Å². The third kappa shape index (κ3) is 3.72. The number of aromatic nitrogens is 2. The van der Waals surface area contributed by atoms with Gasteiger partial charge in [0.1, 0.15) is 5.82 Å². The maximum absolute atomic E-state index is 5.74. The number of imidazole rings is 1. The third-order valence-corrected chi connectivity index (χ3v) is 3.95. The topological polar surface area (TPSA) is 47.1 Å². The lowest BCUT2D eigenvalue weighted by Crippen LogP contribution is -2.08. The molecular weight excluding hydrogens is 284 g/mol. The van der Waals surface area contributed by atoms with Crippen LogP contribution in [0.25, 0.3) is 0 Å². The molecule has 0 fully saturated rings. The van der Waals surface area contributed by atoms with Crippen molar-refractivity contribution in [1.29, 1.82) is 0 Å². The Morgan fingerprint density at radius 2 is 1.61 bits per heavy atom. The molecule has 0 saturated carbocycles. The Kier molecular flexibility index (Phi) is 4.33. The molecule has 118 valence electrons. The molecule has 0 saturated heterocycles. The first kappa shape index (κ1) is 15.2. The summed E-state index contributed by atoms with van der Waals surface area (Å²) in [6.07, 6.45) is 4.72. The SMILES string of the molecule is CN(C)c1ccc(Cc2nccn2Cc2ccc(N)cc2)cc1. The van der Waals surface area contributed by atoms with Gasteiger partial charge in [-0.15, -0.1) is 0 Å². The minimum absolute atomic E-state index is 0.792. The highest BCUT2D eigenvalue weighted by atomic mass is 15.1. The van der Waals surface area contributed by atoms with E-state index in [2.05, 4.69) is 50.8 Å². The van der Waals surface area contributed by atoms with E-state index in [0.29, 0.717) is 0 Å². The minimum atomic E-state index is 0.792. The normalized spacial score (nSPS) is 10.7. The zero-order valence-electron chi connectivity index (χ0n) is 13.6. The van der Waals surface area contributed by atoms with Crippen LogP contribution in [0.3, 0.4) is 0 Å². The summed E-state index contributed by atoms with van der Waals surface area (Å²) in [5.41, 5.74) is 10.2. The lowest BCUT2D eigenvalue weighted by Gasteiger charge is -2.13. The van der Waals surface area contributed by atoms with Crippen LogP contribution in [0.15, 0.2) is 60.9 Å². The van der Waals surface area contributed by atoms with Crippen LogP contribution in [-0.4, -0.2) is 23.6 Å². The Hall–Kier alpha value is -2.75. The molecule has 0 aliphatic carbocycles. The van der Waals surface area contributed by atoms with Crippen molar-refractivity contribution in [2.45, 2.75) is 13.0 Å². The molecule has 0 unspecified atom stereocenters. The van der Waals surface area contributed by atoms with Crippen molar-refractivity contribution in [2.24, 2.45) is 0 Å². The van der Waals surface area contributed by atoms with E-state index in [-0.39, 0.29) is 0 Å². The van der Waals surface area contributed by atoms with Gasteiger partial charge in [-0.3, -0.25) is 0 Å². The van der Waals surface area contributed by atoms with Gasteiger partial charge in [0.15, 0.2) is 0 Å². The monoisotopic (exact) mass is 306 g/mol. The lowest BCUT2D eigenvalue weighted by molar-refractivity contribution is 0.740. The number of rotatable bonds is 5. The smallest absolute Gasteiger partial charge is 0.113 e. The van der Waals surface area contributed by atoms with E-state index < -0.39 is 0 Å².